The minimum atomic E-state index is -0.745. The van der Waals surface area contributed by atoms with Crippen LogP contribution in [-0.2, 0) is 4.79 Å². The number of rotatable bonds is 6. The fourth-order valence-corrected chi connectivity index (χ4v) is 3.83. The van der Waals surface area contributed by atoms with Crippen molar-refractivity contribution in [2.75, 3.05) is 11.1 Å². The summed E-state index contributed by atoms with van der Waals surface area (Å²) < 4.78 is 15.2. The van der Waals surface area contributed by atoms with E-state index in [0.29, 0.717) is 5.16 Å². The second-order valence-electron chi connectivity index (χ2n) is 6.31. The summed E-state index contributed by atoms with van der Waals surface area (Å²) in [6, 6.07) is 20.3. The second kappa shape index (κ2) is 8.34. The zero-order chi connectivity index (χ0) is 21.1. The molecule has 7 nitrogen and oxygen atoms in total. The number of carbonyl (C=O) groups is 1. The molecule has 1 N–H and O–H groups in total. The van der Waals surface area contributed by atoms with Crippen LogP contribution in [0.1, 0.15) is 0 Å². The van der Waals surface area contributed by atoms with Gasteiger partial charge in [-0.05, 0) is 36.4 Å². The maximum absolute atomic E-state index is 13.3. The van der Waals surface area contributed by atoms with Crippen LogP contribution in [0.5, 0.6) is 0 Å². The van der Waals surface area contributed by atoms with E-state index in [1.165, 1.54) is 17.8 Å². The van der Waals surface area contributed by atoms with Crippen LogP contribution >= 0.6 is 11.8 Å². The molecule has 0 atom stereocenters. The Labute approximate surface area is 174 Å². The normalized spacial score (nSPS) is 10.8. The molecule has 4 aromatic rings. The van der Waals surface area contributed by atoms with E-state index in [9.17, 15) is 19.3 Å². The van der Waals surface area contributed by atoms with Gasteiger partial charge in [-0.15, -0.1) is 0 Å². The predicted molar refractivity (Wildman–Crippen MR) is 113 cm³/mol. The molecule has 1 heterocycles. The van der Waals surface area contributed by atoms with E-state index in [2.05, 4.69) is 10.3 Å². The molecular formula is C21H15FN4O3S. The molecule has 0 unspecified atom stereocenters. The first-order valence-corrected chi connectivity index (χ1v) is 9.91. The Morgan fingerprint density at radius 1 is 1.10 bits per heavy atom. The van der Waals surface area contributed by atoms with Crippen LogP contribution < -0.4 is 5.32 Å². The van der Waals surface area contributed by atoms with Gasteiger partial charge < -0.3 is 5.32 Å². The van der Waals surface area contributed by atoms with Crippen LogP contribution in [0.25, 0.3) is 16.7 Å². The zero-order valence-electron chi connectivity index (χ0n) is 15.5. The molecule has 0 spiro atoms. The maximum Gasteiger partial charge on any atom is 0.295 e. The molecular weight excluding hydrogens is 407 g/mol. The van der Waals surface area contributed by atoms with Gasteiger partial charge in [0.1, 0.15) is 11.5 Å². The van der Waals surface area contributed by atoms with Gasteiger partial charge in [0.25, 0.3) is 5.69 Å². The number of nitro benzene ring substituents is 1. The summed E-state index contributed by atoms with van der Waals surface area (Å²) in [4.78, 5) is 27.4. The quantitative estimate of drug-likeness (QED) is 0.274. The Bertz CT molecular complexity index is 1240. The van der Waals surface area contributed by atoms with Crippen molar-refractivity contribution >= 4 is 40.1 Å². The number of aromatic nitrogens is 2. The van der Waals surface area contributed by atoms with E-state index in [4.69, 9.17) is 0 Å². The first-order chi connectivity index (χ1) is 14.5. The van der Waals surface area contributed by atoms with Crippen LogP contribution in [-0.4, -0.2) is 26.1 Å². The minimum absolute atomic E-state index is 0.0231. The third kappa shape index (κ3) is 4.01. The van der Waals surface area contributed by atoms with Crippen molar-refractivity contribution in [2.45, 2.75) is 5.16 Å². The molecule has 1 aromatic heterocycles. The highest BCUT2D eigenvalue weighted by atomic mass is 32.2. The highest BCUT2D eigenvalue weighted by molar-refractivity contribution is 7.99. The van der Waals surface area contributed by atoms with Gasteiger partial charge in [-0.1, -0.05) is 42.1 Å². The topological polar surface area (TPSA) is 90.1 Å². The molecule has 9 heteroatoms. The molecule has 4 rings (SSSR count). The van der Waals surface area contributed by atoms with Crippen LogP contribution in [0.4, 0.5) is 15.8 Å². The van der Waals surface area contributed by atoms with Gasteiger partial charge in [0.2, 0.25) is 5.91 Å². The lowest BCUT2D eigenvalue weighted by molar-refractivity contribution is -0.384. The number of halogens is 1. The molecule has 0 aliphatic rings. The SMILES string of the molecule is O=C(CSc1nc2ccccc2n1-c1ccccc1)Nc1ccc(F)cc1[N+](=O)[O-]. The van der Waals surface area contributed by atoms with E-state index in [0.717, 1.165) is 28.9 Å². The summed E-state index contributed by atoms with van der Waals surface area (Å²) in [5, 5.41) is 14.2. The fraction of sp³-hybridized carbons (Fsp3) is 0.0476. The van der Waals surface area contributed by atoms with Crippen molar-refractivity contribution in [3.05, 3.63) is 88.7 Å². The van der Waals surface area contributed by atoms with Crippen molar-refractivity contribution in [1.82, 2.24) is 9.55 Å². The number of imidazole rings is 1. The lowest BCUT2D eigenvalue weighted by Gasteiger charge is -2.09. The number of nitrogens with zero attached hydrogens (tertiary/aromatic N) is 3. The average molecular weight is 422 g/mol. The second-order valence-corrected chi connectivity index (χ2v) is 7.25. The Kier molecular flexibility index (Phi) is 5.44. The number of anilines is 1. The Balaban J connectivity index is 1.57. The highest BCUT2D eigenvalue weighted by Crippen LogP contribution is 2.29. The number of benzene rings is 3. The third-order valence-corrected chi connectivity index (χ3v) is 5.25. The molecule has 150 valence electrons. The maximum atomic E-state index is 13.3. The van der Waals surface area contributed by atoms with E-state index in [1.54, 1.807) is 0 Å². The van der Waals surface area contributed by atoms with Crippen molar-refractivity contribution < 1.29 is 14.1 Å². The molecule has 0 saturated heterocycles. The number of para-hydroxylation sites is 3. The van der Waals surface area contributed by atoms with Gasteiger partial charge in [-0.3, -0.25) is 19.5 Å². The van der Waals surface area contributed by atoms with Crippen LogP contribution in [0, 0.1) is 15.9 Å². The highest BCUT2D eigenvalue weighted by Gasteiger charge is 2.18. The van der Waals surface area contributed by atoms with Crippen molar-refractivity contribution in [3.8, 4) is 5.69 Å². The van der Waals surface area contributed by atoms with E-state index in [1.807, 2.05) is 59.2 Å². The Hall–Kier alpha value is -3.72. The molecule has 0 radical (unpaired) electrons. The molecule has 30 heavy (non-hydrogen) atoms. The first kappa shape index (κ1) is 19.6. The van der Waals surface area contributed by atoms with Crippen molar-refractivity contribution in [1.29, 1.82) is 0 Å². The molecule has 3 aromatic carbocycles. The number of thioether (sulfide) groups is 1. The molecule has 1 amide bonds. The lowest BCUT2D eigenvalue weighted by Crippen LogP contribution is -2.15. The first-order valence-electron chi connectivity index (χ1n) is 8.92. The van der Waals surface area contributed by atoms with E-state index < -0.39 is 22.3 Å². The number of fused-ring (bicyclic) bond motifs is 1. The van der Waals surface area contributed by atoms with E-state index >= 15 is 0 Å². The summed E-state index contributed by atoms with van der Waals surface area (Å²) in [5.74, 6) is -1.22. The van der Waals surface area contributed by atoms with Gasteiger partial charge >= 0.3 is 0 Å². The summed E-state index contributed by atoms with van der Waals surface area (Å²) in [6.45, 7) is 0. The summed E-state index contributed by atoms with van der Waals surface area (Å²) in [6.07, 6.45) is 0. The summed E-state index contributed by atoms with van der Waals surface area (Å²) in [7, 11) is 0. The number of hydrogen-bond acceptors (Lipinski definition) is 5. The number of nitro groups is 1. The number of carbonyl (C=O) groups excluding carboxylic acids is 1. The fourth-order valence-electron chi connectivity index (χ4n) is 3.01. The van der Waals surface area contributed by atoms with Crippen LogP contribution in [0.15, 0.2) is 78.0 Å². The smallest absolute Gasteiger partial charge is 0.295 e. The van der Waals surface area contributed by atoms with Crippen LogP contribution in [0.2, 0.25) is 0 Å². The molecule has 0 saturated carbocycles. The molecule has 0 bridgehead atoms. The van der Waals surface area contributed by atoms with Gasteiger partial charge in [0, 0.05) is 5.69 Å². The van der Waals surface area contributed by atoms with Gasteiger partial charge in [-0.25, -0.2) is 9.37 Å². The monoisotopic (exact) mass is 422 g/mol. The molecule has 0 fully saturated rings. The minimum Gasteiger partial charge on any atom is -0.320 e. The Morgan fingerprint density at radius 3 is 2.60 bits per heavy atom. The third-order valence-electron chi connectivity index (χ3n) is 4.31. The average Bonchev–Trinajstić information content (AvgIpc) is 3.12. The Morgan fingerprint density at radius 2 is 1.83 bits per heavy atom. The molecule has 0 aliphatic carbocycles. The number of nitrogens with one attached hydrogen (secondary N) is 1. The van der Waals surface area contributed by atoms with E-state index in [-0.39, 0.29) is 11.4 Å². The standard InChI is InChI=1S/C21H15FN4O3S/c22-14-10-11-17(19(12-14)26(28)29)23-20(27)13-30-21-24-16-8-4-5-9-18(16)25(21)15-6-2-1-3-7-15/h1-12H,13H2,(H,23,27). The van der Waals surface area contributed by atoms with Gasteiger partial charge in [0.15, 0.2) is 5.16 Å². The number of amides is 1. The largest absolute Gasteiger partial charge is 0.320 e. The molecule has 0 aliphatic heterocycles. The summed E-state index contributed by atoms with van der Waals surface area (Å²) in [5.41, 5.74) is 2.05. The predicted octanol–water partition coefficient (Wildman–Crippen LogP) is 4.80. The van der Waals surface area contributed by atoms with Crippen LogP contribution in [0.3, 0.4) is 0 Å². The van der Waals surface area contributed by atoms with Gasteiger partial charge in [-0.2, -0.15) is 0 Å². The van der Waals surface area contributed by atoms with Crippen molar-refractivity contribution in [3.63, 3.8) is 0 Å². The lowest BCUT2D eigenvalue weighted by atomic mass is 10.2. The summed E-state index contributed by atoms with van der Waals surface area (Å²) >= 11 is 1.21. The van der Waals surface area contributed by atoms with Gasteiger partial charge in [0.05, 0.1) is 27.8 Å². The van der Waals surface area contributed by atoms with Crippen molar-refractivity contribution in [2.24, 2.45) is 0 Å². The number of hydrogen-bond donors (Lipinski definition) is 1. The zero-order valence-corrected chi connectivity index (χ0v) is 16.3.